The Morgan fingerprint density at radius 3 is 2.75 bits per heavy atom. The second-order valence-electron chi connectivity index (χ2n) is 1.45. The van der Waals surface area contributed by atoms with Gasteiger partial charge in [-0.15, -0.1) is 11.8 Å². The van der Waals surface area contributed by atoms with Crippen LogP contribution in [0.1, 0.15) is 5.76 Å². The lowest BCUT2D eigenvalue weighted by Crippen LogP contribution is -1.54. The summed E-state index contributed by atoms with van der Waals surface area (Å²) in [4.78, 5) is 1.13. The van der Waals surface area contributed by atoms with Crippen molar-refractivity contribution in [2.24, 2.45) is 0 Å². The van der Waals surface area contributed by atoms with E-state index in [1.54, 1.807) is 18.0 Å². The molecule has 0 saturated carbocycles. The SMILES string of the molecule is [CH2]c1cc(SC)co1. The molecule has 0 amide bonds. The van der Waals surface area contributed by atoms with E-state index in [-0.39, 0.29) is 0 Å². The van der Waals surface area contributed by atoms with Gasteiger partial charge in [0.05, 0.1) is 0 Å². The molecule has 2 heteroatoms. The predicted octanol–water partition coefficient (Wildman–Crippen LogP) is 2.18. The molecule has 1 rings (SSSR count). The van der Waals surface area contributed by atoms with Gasteiger partial charge in [-0.2, -0.15) is 0 Å². The van der Waals surface area contributed by atoms with E-state index in [9.17, 15) is 0 Å². The van der Waals surface area contributed by atoms with Gasteiger partial charge >= 0.3 is 0 Å². The molecular weight excluding hydrogens is 120 g/mol. The summed E-state index contributed by atoms with van der Waals surface area (Å²) in [6.07, 6.45) is 3.71. The third kappa shape index (κ3) is 1.07. The minimum atomic E-state index is 0.731. The molecule has 0 unspecified atom stereocenters. The van der Waals surface area contributed by atoms with Crippen LogP contribution in [0.5, 0.6) is 0 Å². The molecule has 1 nitrogen and oxygen atoms in total. The third-order valence-electron chi connectivity index (χ3n) is 0.865. The summed E-state index contributed by atoms with van der Waals surface area (Å²) in [6, 6.07) is 1.91. The van der Waals surface area contributed by atoms with E-state index in [1.165, 1.54) is 0 Å². The molecule has 0 aliphatic rings. The Balaban J connectivity index is 2.84. The van der Waals surface area contributed by atoms with Crippen molar-refractivity contribution < 1.29 is 4.42 Å². The van der Waals surface area contributed by atoms with Gasteiger partial charge in [0.1, 0.15) is 12.0 Å². The molecule has 0 aliphatic heterocycles. The molecule has 43 valence electrons. The second-order valence-corrected chi connectivity index (χ2v) is 2.33. The van der Waals surface area contributed by atoms with Crippen LogP contribution in [-0.4, -0.2) is 6.26 Å². The molecule has 0 atom stereocenters. The highest BCUT2D eigenvalue weighted by molar-refractivity contribution is 7.98. The summed E-state index contributed by atoms with van der Waals surface area (Å²) in [5, 5.41) is 0. The fourth-order valence-electron chi connectivity index (χ4n) is 0.468. The van der Waals surface area contributed by atoms with Crippen molar-refractivity contribution in [1.82, 2.24) is 0 Å². The van der Waals surface area contributed by atoms with Crippen molar-refractivity contribution in [3.8, 4) is 0 Å². The van der Waals surface area contributed by atoms with Crippen LogP contribution >= 0.6 is 11.8 Å². The van der Waals surface area contributed by atoms with Crippen LogP contribution in [0, 0.1) is 6.92 Å². The highest BCUT2D eigenvalue weighted by atomic mass is 32.2. The quantitative estimate of drug-likeness (QED) is 0.536. The zero-order valence-electron chi connectivity index (χ0n) is 4.68. The average Bonchev–Trinajstić information content (AvgIpc) is 2.14. The van der Waals surface area contributed by atoms with Gasteiger partial charge in [-0.05, 0) is 12.3 Å². The van der Waals surface area contributed by atoms with Gasteiger partial charge in [-0.1, -0.05) is 0 Å². The highest BCUT2D eigenvalue weighted by Crippen LogP contribution is 2.16. The molecule has 1 radical (unpaired) electrons. The van der Waals surface area contributed by atoms with Crippen molar-refractivity contribution in [2.45, 2.75) is 4.90 Å². The standard InChI is InChI=1S/C6H7OS/c1-5-3-6(8-2)4-7-5/h3-4H,1H2,2H3. The first-order valence-electron chi connectivity index (χ1n) is 2.27. The van der Waals surface area contributed by atoms with E-state index < -0.39 is 0 Å². The molecule has 0 N–H and O–H groups in total. The van der Waals surface area contributed by atoms with E-state index in [4.69, 9.17) is 4.42 Å². The first-order valence-corrected chi connectivity index (χ1v) is 3.50. The fraction of sp³-hybridized carbons (Fsp3) is 0.167. The van der Waals surface area contributed by atoms with Gasteiger partial charge in [0, 0.05) is 11.8 Å². The average molecular weight is 127 g/mol. The van der Waals surface area contributed by atoms with Crippen molar-refractivity contribution >= 4 is 11.8 Å². The Morgan fingerprint density at radius 1 is 1.75 bits per heavy atom. The number of rotatable bonds is 1. The van der Waals surface area contributed by atoms with Gasteiger partial charge in [0.15, 0.2) is 0 Å². The molecule has 0 fully saturated rings. The summed E-state index contributed by atoms with van der Waals surface area (Å²) in [6.45, 7) is 3.61. The molecule has 0 aromatic carbocycles. The van der Waals surface area contributed by atoms with Gasteiger partial charge < -0.3 is 4.42 Å². The van der Waals surface area contributed by atoms with Gasteiger partial charge in [-0.3, -0.25) is 0 Å². The van der Waals surface area contributed by atoms with E-state index in [0.29, 0.717) is 0 Å². The lowest BCUT2D eigenvalue weighted by Gasteiger charge is -1.77. The zero-order valence-corrected chi connectivity index (χ0v) is 5.49. The van der Waals surface area contributed by atoms with E-state index in [0.717, 1.165) is 10.7 Å². The first-order chi connectivity index (χ1) is 3.83. The van der Waals surface area contributed by atoms with Crippen molar-refractivity contribution in [3.05, 3.63) is 25.0 Å². The topological polar surface area (TPSA) is 13.1 Å². The number of hydrogen-bond donors (Lipinski definition) is 0. The largest absolute Gasteiger partial charge is 0.468 e. The lowest BCUT2D eigenvalue weighted by atomic mass is 10.5. The summed E-state index contributed by atoms with van der Waals surface area (Å²) in [5.74, 6) is 0.731. The smallest absolute Gasteiger partial charge is 0.105 e. The van der Waals surface area contributed by atoms with Gasteiger partial charge in [0.25, 0.3) is 0 Å². The lowest BCUT2D eigenvalue weighted by molar-refractivity contribution is 0.544. The van der Waals surface area contributed by atoms with Crippen molar-refractivity contribution in [3.63, 3.8) is 0 Å². The Labute approximate surface area is 53.1 Å². The van der Waals surface area contributed by atoms with Crippen molar-refractivity contribution in [2.75, 3.05) is 6.26 Å². The van der Waals surface area contributed by atoms with Crippen LogP contribution in [0.25, 0.3) is 0 Å². The molecular formula is C6H7OS. The molecule has 1 aromatic rings. The summed E-state index contributed by atoms with van der Waals surface area (Å²) < 4.78 is 4.92. The maximum absolute atomic E-state index is 4.92. The minimum Gasteiger partial charge on any atom is -0.468 e. The van der Waals surface area contributed by atoms with Crippen LogP contribution in [0.4, 0.5) is 0 Å². The van der Waals surface area contributed by atoms with Crippen LogP contribution in [0.2, 0.25) is 0 Å². The predicted molar refractivity (Wildman–Crippen MR) is 34.9 cm³/mol. The molecule has 8 heavy (non-hydrogen) atoms. The van der Waals surface area contributed by atoms with Crippen molar-refractivity contribution in [1.29, 1.82) is 0 Å². The highest BCUT2D eigenvalue weighted by Gasteiger charge is 1.91. The number of thioether (sulfide) groups is 1. The Kier molecular flexibility index (Phi) is 1.63. The second kappa shape index (κ2) is 2.27. The normalized spacial score (nSPS) is 9.75. The van der Waals surface area contributed by atoms with E-state index in [1.807, 2.05) is 12.3 Å². The third-order valence-corrected chi connectivity index (χ3v) is 1.55. The molecule has 0 spiro atoms. The van der Waals surface area contributed by atoms with Crippen LogP contribution in [-0.2, 0) is 0 Å². The van der Waals surface area contributed by atoms with Crippen LogP contribution in [0.15, 0.2) is 21.6 Å². The monoisotopic (exact) mass is 127 g/mol. The molecule has 1 aromatic heterocycles. The summed E-state index contributed by atoms with van der Waals surface area (Å²) >= 11 is 1.66. The minimum absolute atomic E-state index is 0.731. The fourth-order valence-corrected chi connectivity index (χ4v) is 0.861. The summed E-state index contributed by atoms with van der Waals surface area (Å²) in [7, 11) is 0. The summed E-state index contributed by atoms with van der Waals surface area (Å²) in [5.41, 5.74) is 0. The molecule has 0 aliphatic carbocycles. The van der Waals surface area contributed by atoms with Gasteiger partial charge in [-0.25, -0.2) is 0 Å². The molecule has 0 bridgehead atoms. The number of furan rings is 1. The van der Waals surface area contributed by atoms with E-state index >= 15 is 0 Å². The maximum Gasteiger partial charge on any atom is 0.105 e. The Hall–Kier alpha value is -0.370. The maximum atomic E-state index is 4.92. The first kappa shape index (κ1) is 5.76. The van der Waals surface area contributed by atoms with Crippen LogP contribution in [0.3, 0.4) is 0 Å². The van der Waals surface area contributed by atoms with Crippen LogP contribution < -0.4 is 0 Å². The Morgan fingerprint density at radius 2 is 2.50 bits per heavy atom. The Bertz CT molecular complexity index is 169. The van der Waals surface area contributed by atoms with E-state index in [2.05, 4.69) is 6.92 Å². The molecule has 0 saturated heterocycles. The molecule has 1 heterocycles. The number of hydrogen-bond acceptors (Lipinski definition) is 2. The zero-order chi connectivity index (χ0) is 5.98. The van der Waals surface area contributed by atoms with Gasteiger partial charge in [0.2, 0.25) is 0 Å².